The molecule has 3 aromatic rings. The van der Waals surface area contributed by atoms with E-state index in [1.54, 1.807) is 71.2 Å². The van der Waals surface area contributed by atoms with Crippen molar-refractivity contribution in [2.75, 3.05) is 18.9 Å². The molecule has 0 amide bonds. The second-order valence-electron chi connectivity index (χ2n) is 12.8. The van der Waals surface area contributed by atoms with Crippen molar-refractivity contribution in [1.29, 1.82) is 0 Å². The van der Waals surface area contributed by atoms with Gasteiger partial charge in [-0.1, -0.05) is 59.2 Å². The highest BCUT2D eigenvalue weighted by atomic mass is 31.2. The van der Waals surface area contributed by atoms with Crippen LogP contribution in [0.3, 0.4) is 0 Å². The number of aromatic amines is 1. The number of aromatic nitrogens is 4. The van der Waals surface area contributed by atoms with Crippen molar-refractivity contribution in [3.63, 3.8) is 0 Å². The average Bonchev–Trinajstić information content (AvgIpc) is 3.56. The predicted octanol–water partition coefficient (Wildman–Crippen LogP) is 4.01. The molecule has 0 saturated heterocycles. The van der Waals surface area contributed by atoms with Crippen LogP contribution in [0.1, 0.15) is 60.8 Å². The summed E-state index contributed by atoms with van der Waals surface area (Å²) in [5.41, 5.74) is 11.4. The van der Waals surface area contributed by atoms with Crippen molar-refractivity contribution < 1.29 is 32.7 Å². The normalized spacial score (nSPS) is 20.0. The van der Waals surface area contributed by atoms with E-state index in [4.69, 9.17) is 30.0 Å². The van der Waals surface area contributed by atoms with Gasteiger partial charge in [0.2, 0.25) is 5.95 Å². The fourth-order valence-electron chi connectivity index (χ4n) is 4.92. The van der Waals surface area contributed by atoms with Gasteiger partial charge in [-0.15, -0.1) is 0 Å². The zero-order chi connectivity index (χ0) is 35.2. The smallest absolute Gasteiger partial charge is 0.459 e. The summed E-state index contributed by atoms with van der Waals surface area (Å²) >= 11 is 0. The number of nitrogens with two attached hydrogens (primary N) is 2. The highest BCUT2D eigenvalue weighted by molar-refractivity contribution is 7.52. The summed E-state index contributed by atoms with van der Waals surface area (Å²) in [7, 11) is -4.29. The number of para-hydroxylation sites is 1. The minimum Gasteiger partial charge on any atom is -0.463 e. The Morgan fingerprint density at radius 1 is 1.12 bits per heavy atom. The molecule has 6 N–H and O–H groups in total. The summed E-state index contributed by atoms with van der Waals surface area (Å²) in [4.78, 5) is 49.1. The number of carbonyl (C=O) groups excluding carboxylic acids is 2. The Bertz CT molecular complexity index is 1720. The Morgan fingerprint density at radius 3 is 2.48 bits per heavy atom. The molecule has 0 unspecified atom stereocenters. The fraction of sp³-hybridized carbons (Fsp3) is 0.531. The van der Waals surface area contributed by atoms with Crippen LogP contribution < -0.4 is 26.6 Å². The number of esters is 2. The minimum absolute atomic E-state index is 0.0814. The lowest BCUT2D eigenvalue weighted by Crippen LogP contribution is -2.43. The van der Waals surface area contributed by atoms with Crippen LogP contribution in [-0.2, 0) is 28.2 Å². The third-order valence-electron chi connectivity index (χ3n) is 8.02. The molecule has 0 aliphatic heterocycles. The van der Waals surface area contributed by atoms with E-state index in [-0.39, 0.29) is 54.0 Å². The summed E-state index contributed by atoms with van der Waals surface area (Å²) in [6.45, 7) is 10.6. The first-order valence-corrected chi connectivity index (χ1v) is 17.5. The summed E-state index contributed by atoms with van der Waals surface area (Å²) in [6.07, 6.45) is 4.60. The molecular weight excluding hydrogens is 641 g/mol. The SMILES string of the molecule is CCC[C@H](C)OC(=O)[C@@H](N[P@](=O)(OC[C@@]1(COC(=O)[C@@H](N)C(C)C)C/C1=C/n1cnc2c(=O)[nH]c(N)nc21)Oc1ccccc1)C(C)C. The molecule has 2 heterocycles. The number of H-pyrrole nitrogens is 1. The maximum absolute atomic E-state index is 14.5. The topological polar surface area (TPSA) is 216 Å². The molecule has 262 valence electrons. The first kappa shape index (κ1) is 36.8. The zero-order valence-corrected chi connectivity index (χ0v) is 29.1. The van der Waals surface area contributed by atoms with Gasteiger partial charge in [-0.05, 0) is 49.3 Å². The van der Waals surface area contributed by atoms with E-state index in [0.717, 1.165) is 6.42 Å². The summed E-state index contributed by atoms with van der Waals surface area (Å²) in [5.74, 6) is -1.53. The van der Waals surface area contributed by atoms with Crippen molar-refractivity contribution >= 4 is 43.0 Å². The summed E-state index contributed by atoms with van der Waals surface area (Å²) in [5, 5.41) is 2.83. The van der Waals surface area contributed by atoms with Gasteiger partial charge in [-0.2, -0.15) is 10.1 Å². The van der Waals surface area contributed by atoms with Crippen molar-refractivity contribution in [2.24, 2.45) is 23.0 Å². The molecule has 5 atom stereocenters. The van der Waals surface area contributed by atoms with Crippen LogP contribution in [0.2, 0.25) is 0 Å². The van der Waals surface area contributed by atoms with Crippen molar-refractivity contribution in [1.82, 2.24) is 24.6 Å². The van der Waals surface area contributed by atoms with Crippen molar-refractivity contribution in [3.8, 4) is 5.75 Å². The molecule has 2 aromatic heterocycles. The molecule has 16 heteroatoms. The Kier molecular flexibility index (Phi) is 11.8. The third kappa shape index (κ3) is 9.10. The van der Waals surface area contributed by atoms with Gasteiger partial charge in [-0.25, -0.2) is 9.55 Å². The molecule has 48 heavy (non-hydrogen) atoms. The Hall–Kier alpha value is -4.04. The molecule has 0 radical (unpaired) electrons. The number of rotatable bonds is 17. The molecular formula is C32H46N7O8P. The van der Waals surface area contributed by atoms with Crippen LogP contribution in [0.25, 0.3) is 17.4 Å². The van der Waals surface area contributed by atoms with Gasteiger partial charge in [0.05, 0.1) is 18.1 Å². The number of hydrogen-bond donors (Lipinski definition) is 4. The zero-order valence-electron chi connectivity index (χ0n) is 28.2. The number of anilines is 1. The van der Waals surface area contributed by atoms with Gasteiger partial charge in [0, 0.05) is 6.20 Å². The van der Waals surface area contributed by atoms with E-state index in [1.807, 2.05) is 6.92 Å². The van der Waals surface area contributed by atoms with E-state index < -0.39 is 42.7 Å². The number of carbonyl (C=O) groups is 2. The number of hydrogen-bond acceptors (Lipinski definition) is 12. The largest absolute Gasteiger partial charge is 0.463 e. The highest BCUT2D eigenvalue weighted by Crippen LogP contribution is 2.57. The first-order chi connectivity index (χ1) is 22.7. The fourth-order valence-corrected chi connectivity index (χ4v) is 6.66. The number of nitrogens with one attached hydrogen (secondary N) is 2. The second kappa shape index (κ2) is 15.5. The molecule has 1 aliphatic carbocycles. The summed E-state index contributed by atoms with van der Waals surface area (Å²) in [6, 6.07) is 6.54. The lowest BCUT2D eigenvalue weighted by atomic mass is 10.1. The monoisotopic (exact) mass is 687 g/mol. The standard InChI is InChI=1S/C32H46N7O8P/c1-7-11-21(6)46-30(42)25(20(4)5)38-48(43,47-23-12-9-8-10-13-23)45-17-32(16-44-29(41)24(33)19(2)3)14-22(32)15-39-18-35-26-27(39)36-31(34)37-28(26)40/h8-10,12-13,15,18-21,24-25H,7,11,14,16-17,33H2,1-6H3,(H,38,43)(H3,34,36,37,40)/b22-15-/t21-,24-,25-,32-,48-/m0/s1. The maximum atomic E-state index is 14.5. The van der Waals surface area contributed by atoms with Crippen molar-refractivity contribution in [2.45, 2.75) is 79.0 Å². The number of fused-ring (bicyclic) bond motifs is 1. The molecule has 1 saturated carbocycles. The Labute approximate surface area is 279 Å². The lowest BCUT2D eigenvalue weighted by Gasteiger charge is -2.28. The number of benzene rings is 1. The molecule has 1 fully saturated rings. The van der Waals surface area contributed by atoms with E-state index in [2.05, 4.69) is 20.0 Å². The number of nitrogens with zero attached hydrogens (tertiary/aromatic N) is 3. The van der Waals surface area contributed by atoms with Crippen LogP contribution >= 0.6 is 7.75 Å². The highest BCUT2D eigenvalue weighted by Gasteiger charge is 2.53. The van der Waals surface area contributed by atoms with Gasteiger partial charge in [-0.3, -0.25) is 28.5 Å². The van der Waals surface area contributed by atoms with Crippen LogP contribution in [-0.4, -0.2) is 62.9 Å². The molecule has 0 bridgehead atoms. The van der Waals surface area contributed by atoms with Crippen LogP contribution in [0, 0.1) is 17.3 Å². The molecule has 1 aliphatic rings. The Morgan fingerprint density at radius 2 is 1.83 bits per heavy atom. The maximum Gasteiger partial charge on any atom is 0.459 e. The van der Waals surface area contributed by atoms with E-state index in [0.29, 0.717) is 18.4 Å². The van der Waals surface area contributed by atoms with Gasteiger partial charge in [0.25, 0.3) is 5.56 Å². The van der Waals surface area contributed by atoms with Gasteiger partial charge < -0.3 is 25.5 Å². The lowest BCUT2D eigenvalue weighted by molar-refractivity contribution is -0.152. The van der Waals surface area contributed by atoms with Crippen LogP contribution in [0.15, 0.2) is 47.0 Å². The molecule has 0 spiro atoms. The van der Waals surface area contributed by atoms with Crippen molar-refractivity contribution in [3.05, 3.63) is 52.6 Å². The number of imidazole rings is 1. The van der Waals surface area contributed by atoms with E-state index in [1.165, 1.54) is 10.9 Å². The molecule has 4 rings (SSSR count). The van der Waals surface area contributed by atoms with E-state index >= 15 is 0 Å². The average molecular weight is 688 g/mol. The first-order valence-electron chi connectivity index (χ1n) is 16.0. The molecule has 1 aromatic carbocycles. The van der Waals surface area contributed by atoms with Gasteiger partial charge in [0.15, 0.2) is 11.2 Å². The number of ether oxygens (including phenoxy) is 2. The van der Waals surface area contributed by atoms with Crippen LogP contribution in [0.5, 0.6) is 5.75 Å². The quantitative estimate of drug-likeness (QED) is 0.117. The van der Waals surface area contributed by atoms with Gasteiger partial charge >= 0.3 is 19.7 Å². The van der Waals surface area contributed by atoms with E-state index in [9.17, 15) is 18.9 Å². The minimum atomic E-state index is -4.29. The number of nitrogen functional groups attached to an aromatic ring is 1. The van der Waals surface area contributed by atoms with Gasteiger partial charge in [0.1, 0.15) is 30.8 Å². The molecule has 15 nitrogen and oxygen atoms in total. The second-order valence-corrected chi connectivity index (χ2v) is 14.5. The van der Waals surface area contributed by atoms with Crippen LogP contribution in [0.4, 0.5) is 5.95 Å². The third-order valence-corrected chi connectivity index (χ3v) is 9.54. The predicted molar refractivity (Wildman–Crippen MR) is 181 cm³/mol. The summed E-state index contributed by atoms with van der Waals surface area (Å²) < 4.78 is 39.3. The Balaban J connectivity index is 1.65.